The smallest absolute Gasteiger partial charge is 0.0991 e. The van der Waals surface area contributed by atoms with E-state index in [0.717, 1.165) is 12.1 Å². The molecule has 1 unspecified atom stereocenters. The van der Waals surface area contributed by atoms with Crippen LogP contribution in [-0.4, -0.2) is 6.54 Å². The summed E-state index contributed by atoms with van der Waals surface area (Å²) in [5.41, 5.74) is 3.34. The summed E-state index contributed by atoms with van der Waals surface area (Å²) in [7, 11) is 0. The third-order valence-corrected chi connectivity index (χ3v) is 4.02. The Bertz CT molecular complexity index is 596. The van der Waals surface area contributed by atoms with Crippen LogP contribution in [0.2, 0.25) is 0 Å². The molecule has 1 aliphatic heterocycles. The first kappa shape index (κ1) is 12.7. The van der Waals surface area contributed by atoms with Gasteiger partial charge in [-0.15, -0.1) is 0 Å². The molecule has 0 aromatic heterocycles. The van der Waals surface area contributed by atoms with Crippen LogP contribution in [0.5, 0.6) is 0 Å². The van der Waals surface area contributed by atoms with Gasteiger partial charge >= 0.3 is 0 Å². The minimum Gasteiger partial charge on any atom is -0.364 e. The minimum absolute atomic E-state index is 0.430. The largest absolute Gasteiger partial charge is 0.364 e. The molecule has 2 aromatic carbocycles. The summed E-state index contributed by atoms with van der Waals surface area (Å²) in [5, 5.41) is 8.91. The van der Waals surface area contributed by atoms with Crippen LogP contribution < -0.4 is 4.90 Å². The van der Waals surface area contributed by atoms with E-state index in [1.54, 1.807) is 0 Å². The Morgan fingerprint density at radius 2 is 1.70 bits per heavy atom. The van der Waals surface area contributed by atoms with Crippen molar-refractivity contribution in [2.45, 2.75) is 25.3 Å². The summed E-state index contributed by atoms with van der Waals surface area (Å²) < 4.78 is 0. The molecule has 0 spiro atoms. The van der Waals surface area contributed by atoms with Crippen molar-refractivity contribution in [3.63, 3.8) is 0 Å². The van der Waals surface area contributed by atoms with Gasteiger partial charge in [0.25, 0.3) is 0 Å². The highest BCUT2D eigenvalue weighted by molar-refractivity contribution is 5.49. The van der Waals surface area contributed by atoms with Crippen molar-refractivity contribution in [2.24, 2.45) is 0 Å². The normalized spacial score (nSPS) is 18.6. The predicted octanol–water partition coefficient (Wildman–Crippen LogP) is 4.29. The highest BCUT2D eigenvalue weighted by atomic mass is 15.2. The molecule has 1 fully saturated rings. The molecule has 0 N–H and O–H groups in total. The first-order chi connectivity index (χ1) is 9.88. The van der Waals surface area contributed by atoms with E-state index in [0.29, 0.717) is 6.04 Å². The maximum atomic E-state index is 8.91. The second kappa shape index (κ2) is 5.79. The van der Waals surface area contributed by atoms with Crippen molar-refractivity contribution in [3.8, 4) is 6.07 Å². The van der Waals surface area contributed by atoms with E-state index in [1.807, 2.05) is 12.1 Å². The molecule has 100 valence electrons. The van der Waals surface area contributed by atoms with Gasteiger partial charge in [-0.3, -0.25) is 0 Å². The molecule has 0 bridgehead atoms. The Morgan fingerprint density at radius 1 is 0.950 bits per heavy atom. The summed E-state index contributed by atoms with van der Waals surface area (Å²) in [5.74, 6) is 0. The lowest BCUT2D eigenvalue weighted by Crippen LogP contribution is -2.33. The van der Waals surface area contributed by atoms with Gasteiger partial charge in [-0.2, -0.15) is 5.26 Å². The molecule has 0 saturated carbocycles. The van der Waals surface area contributed by atoms with Gasteiger partial charge in [0.2, 0.25) is 0 Å². The average molecular weight is 262 g/mol. The molecule has 1 atom stereocenters. The first-order valence-electron chi connectivity index (χ1n) is 7.20. The SMILES string of the molecule is N#Cc1ccc(C2CCCCN2c2ccccc2)cc1. The molecule has 1 heterocycles. The van der Waals surface area contributed by atoms with Gasteiger partial charge in [0.05, 0.1) is 17.7 Å². The number of hydrogen-bond acceptors (Lipinski definition) is 2. The zero-order chi connectivity index (χ0) is 13.8. The quantitative estimate of drug-likeness (QED) is 0.807. The molecule has 2 aromatic rings. The van der Waals surface area contributed by atoms with Crippen LogP contribution in [0.25, 0.3) is 0 Å². The molecule has 20 heavy (non-hydrogen) atoms. The van der Waals surface area contributed by atoms with E-state index in [4.69, 9.17) is 5.26 Å². The zero-order valence-electron chi connectivity index (χ0n) is 11.5. The van der Waals surface area contributed by atoms with Crippen LogP contribution in [0.3, 0.4) is 0 Å². The van der Waals surface area contributed by atoms with E-state index in [1.165, 1.54) is 30.5 Å². The molecule has 3 rings (SSSR count). The Hall–Kier alpha value is -2.27. The van der Waals surface area contributed by atoms with Crippen molar-refractivity contribution in [1.82, 2.24) is 0 Å². The molecule has 2 nitrogen and oxygen atoms in total. The van der Waals surface area contributed by atoms with E-state index in [2.05, 4.69) is 53.4 Å². The van der Waals surface area contributed by atoms with E-state index in [-0.39, 0.29) is 0 Å². The number of para-hydroxylation sites is 1. The van der Waals surface area contributed by atoms with Crippen LogP contribution in [0.15, 0.2) is 54.6 Å². The number of nitriles is 1. The molecule has 0 amide bonds. The molecule has 1 saturated heterocycles. The Labute approximate surface area is 120 Å². The number of benzene rings is 2. The minimum atomic E-state index is 0.430. The van der Waals surface area contributed by atoms with Gasteiger partial charge in [0.15, 0.2) is 0 Å². The molecule has 2 heteroatoms. The lowest BCUT2D eigenvalue weighted by atomic mass is 9.94. The third kappa shape index (κ3) is 2.53. The molecule has 0 aliphatic carbocycles. The van der Waals surface area contributed by atoms with Crippen molar-refractivity contribution in [3.05, 3.63) is 65.7 Å². The van der Waals surface area contributed by atoms with Gasteiger partial charge in [-0.1, -0.05) is 30.3 Å². The summed E-state index contributed by atoms with van der Waals surface area (Å²) in [6.07, 6.45) is 3.70. The summed E-state index contributed by atoms with van der Waals surface area (Å²) in [6.45, 7) is 1.11. The fourth-order valence-electron chi connectivity index (χ4n) is 2.99. The van der Waals surface area contributed by atoms with Gasteiger partial charge < -0.3 is 4.90 Å². The van der Waals surface area contributed by atoms with Crippen LogP contribution in [-0.2, 0) is 0 Å². The number of anilines is 1. The monoisotopic (exact) mass is 262 g/mol. The third-order valence-electron chi connectivity index (χ3n) is 4.02. The van der Waals surface area contributed by atoms with Crippen molar-refractivity contribution in [1.29, 1.82) is 5.26 Å². The second-order valence-corrected chi connectivity index (χ2v) is 5.27. The second-order valence-electron chi connectivity index (χ2n) is 5.27. The highest BCUT2D eigenvalue weighted by Crippen LogP contribution is 2.34. The van der Waals surface area contributed by atoms with E-state index < -0.39 is 0 Å². The molecular weight excluding hydrogens is 244 g/mol. The lowest BCUT2D eigenvalue weighted by Gasteiger charge is -2.38. The topological polar surface area (TPSA) is 27.0 Å². The van der Waals surface area contributed by atoms with Gasteiger partial charge in [0, 0.05) is 12.2 Å². The fourth-order valence-corrected chi connectivity index (χ4v) is 2.99. The van der Waals surface area contributed by atoms with E-state index in [9.17, 15) is 0 Å². The number of piperidine rings is 1. The van der Waals surface area contributed by atoms with Crippen LogP contribution >= 0.6 is 0 Å². The van der Waals surface area contributed by atoms with Crippen LogP contribution in [0, 0.1) is 11.3 Å². The Kier molecular flexibility index (Phi) is 3.69. The molecular formula is C18H18N2. The maximum Gasteiger partial charge on any atom is 0.0991 e. The maximum absolute atomic E-state index is 8.91. The fraction of sp³-hybridized carbons (Fsp3) is 0.278. The number of rotatable bonds is 2. The summed E-state index contributed by atoms with van der Waals surface area (Å²) in [4.78, 5) is 2.49. The Morgan fingerprint density at radius 3 is 2.40 bits per heavy atom. The number of nitrogens with zero attached hydrogens (tertiary/aromatic N) is 2. The van der Waals surface area contributed by atoms with Crippen molar-refractivity contribution < 1.29 is 0 Å². The van der Waals surface area contributed by atoms with E-state index >= 15 is 0 Å². The number of hydrogen-bond donors (Lipinski definition) is 0. The van der Waals surface area contributed by atoms with Crippen LogP contribution in [0.4, 0.5) is 5.69 Å². The van der Waals surface area contributed by atoms with Crippen molar-refractivity contribution >= 4 is 5.69 Å². The summed E-state index contributed by atoms with van der Waals surface area (Å²) in [6, 6.07) is 21.3. The van der Waals surface area contributed by atoms with Crippen molar-refractivity contribution in [2.75, 3.05) is 11.4 Å². The Balaban J connectivity index is 1.90. The average Bonchev–Trinajstić information content (AvgIpc) is 2.56. The molecule has 0 radical (unpaired) electrons. The van der Waals surface area contributed by atoms with Gasteiger partial charge in [0.1, 0.15) is 0 Å². The zero-order valence-corrected chi connectivity index (χ0v) is 11.5. The summed E-state index contributed by atoms with van der Waals surface area (Å²) >= 11 is 0. The molecule has 1 aliphatic rings. The highest BCUT2D eigenvalue weighted by Gasteiger charge is 2.23. The standard InChI is InChI=1S/C18H18N2/c19-14-15-9-11-16(12-10-15)18-8-4-5-13-20(18)17-6-2-1-3-7-17/h1-3,6-7,9-12,18H,4-5,8,13H2. The predicted molar refractivity (Wildman–Crippen MR) is 81.5 cm³/mol. The van der Waals surface area contributed by atoms with Gasteiger partial charge in [-0.05, 0) is 49.1 Å². The lowest BCUT2D eigenvalue weighted by molar-refractivity contribution is 0.473. The van der Waals surface area contributed by atoms with Gasteiger partial charge in [-0.25, -0.2) is 0 Å². The van der Waals surface area contributed by atoms with Crippen LogP contribution in [0.1, 0.15) is 36.4 Å². The first-order valence-corrected chi connectivity index (χ1v) is 7.20.